The first-order valence-electron chi connectivity index (χ1n) is 5.80. The molecule has 1 rings (SSSR count). The molecule has 18 heavy (non-hydrogen) atoms. The fourth-order valence-electron chi connectivity index (χ4n) is 1.57. The summed E-state index contributed by atoms with van der Waals surface area (Å²) in [5.41, 5.74) is 0.802. The van der Waals surface area contributed by atoms with Crippen molar-refractivity contribution in [1.82, 2.24) is 0 Å². The van der Waals surface area contributed by atoms with E-state index >= 15 is 0 Å². The minimum atomic E-state index is -3.24. The van der Waals surface area contributed by atoms with E-state index < -0.39 is 21.1 Å². The molecule has 0 saturated heterocycles. The Balaban J connectivity index is 3.09. The molecule has 0 aliphatic carbocycles. The van der Waals surface area contributed by atoms with Crippen molar-refractivity contribution in [3.8, 4) is 0 Å². The van der Waals surface area contributed by atoms with Crippen molar-refractivity contribution in [1.29, 1.82) is 0 Å². The van der Waals surface area contributed by atoms with Crippen LogP contribution >= 0.6 is 0 Å². The highest BCUT2D eigenvalue weighted by atomic mass is 32.2. The van der Waals surface area contributed by atoms with Crippen molar-refractivity contribution in [2.45, 2.75) is 31.3 Å². The van der Waals surface area contributed by atoms with Crippen LogP contribution in [0.1, 0.15) is 36.2 Å². The number of carbonyl (C=O) groups is 1. The van der Waals surface area contributed by atoms with E-state index in [0.717, 1.165) is 0 Å². The number of carbonyl (C=O) groups excluding carboxylic acids is 1. The van der Waals surface area contributed by atoms with Gasteiger partial charge in [0.05, 0.1) is 23.7 Å². The third-order valence-electron chi connectivity index (χ3n) is 2.97. The molecule has 0 aromatic heterocycles. The van der Waals surface area contributed by atoms with E-state index in [0.29, 0.717) is 17.5 Å². The molecule has 0 aliphatic rings. The SMILES string of the molecule is CCC(C)S(=O)(=O)Cc1ccccc1C(=O)OC. The fraction of sp³-hybridized carbons (Fsp3) is 0.462. The number of benzene rings is 1. The fourth-order valence-corrected chi connectivity index (χ4v) is 3.05. The molecule has 1 aromatic rings. The highest BCUT2D eigenvalue weighted by molar-refractivity contribution is 7.91. The van der Waals surface area contributed by atoms with Crippen LogP contribution < -0.4 is 0 Å². The van der Waals surface area contributed by atoms with Crippen LogP contribution in [-0.4, -0.2) is 26.7 Å². The lowest BCUT2D eigenvalue weighted by atomic mass is 10.1. The number of sulfone groups is 1. The zero-order valence-electron chi connectivity index (χ0n) is 10.8. The van der Waals surface area contributed by atoms with Gasteiger partial charge in [0.25, 0.3) is 0 Å². The Bertz CT molecular complexity index is 520. The molecule has 0 spiro atoms. The molecule has 0 fully saturated rings. The average Bonchev–Trinajstić information content (AvgIpc) is 2.37. The molecule has 0 saturated carbocycles. The first-order valence-corrected chi connectivity index (χ1v) is 7.51. The van der Waals surface area contributed by atoms with Crippen LogP contribution in [0.2, 0.25) is 0 Å². The van der Waals surface area contributed by atoms with E-state index in [2.05, 4.69) is 4.74 Å². The molecular weight excluding hydrogens is 252 g/mol. The predicted octanol–water partition coefficient (Wildman–Crippen LogP) is 2.19. The van der Waals surface area contributed by atoms with Crippen LogP contribution in [0.3, 0.4) is 0 Å². The molecule has 0 N–H and O–H groups in total. The van der Waals surface area contributed by atoms with Crippen LogP contribution in [0, 0.1) is 0 Å². The minimum absolute atomic E-state index is 0.132. The zero-order valence-corrected chi connectivity index (χ0v) is 11.7. The molecule has 100 valence electrons. The van der Waals surface area contributed by atoms with Gasteiger partial charge in [-0.3, -0.25) is 0 Å². The Morgan fingerprint density at radius 1 is 1.33 bits per heavy atom. The molecular formula is C13H18O4S. The maximum Gasteiger partial charge on any atom is 0.338 e. The molecule has 0 bridgehead atoms. The molecule has 0 heterocycles. The first-order chi connectivity index (χ1) is 8.42. The summed E-state index contributed by atoms with van der Waals surface area (Å²) in [5.74, 6) is -0.641. The van der Waals surface area contributed by atoms with E-state index in [1.54, 1.807) is 31.2 Å². The van der Waals surface area contributed by atoms with Gasteiger partial charge in [-0.15, -0.1) is 0 Å². The molecule has 4 nitrogen and oxygen atoms in total. The molecule has 1 atom stereocenters. The summed E-state index contributed by atoms with van der Waals surface area (Å²) in [6.45, 7) is 3.50. The topological polar surface area (TPSA) is 60.4 Å². The molecule has 0 amide bonds. The van der Waals surface area contributed by atoms with Crippen molar-refractivity contribution in [3.05, 3.63) is 35.4 Å². The predicted molar refractivity (Wildman–Crippen MR) is 70.2 cm³/mol. The van der Waals surface area contributed by atoms with E-state index in [1.807, 2.05) is 6.92 Å². The van der Waals surface area contributed by atoms with Crippen LogP contribution in [0.25, 0.3) is 0 Å². The average molecular weight is 270 g/mol. The molecule has 0 radical (unpaired) electrons. The quantitative estimate of drug-likeness (QED) is 0.769. The van der Waals surface area contributed by atoms with Gasteiger partial charge in [-0.25, -0.2) is 13.2 Å². The lowest BCUT2D eigenvalue weighted by molar-refractivity contribution is 0.0600. The van der Waals surface area contributed by atoms with Gasteiger partial charge in [0, 0.05) is 0 Å². The van der Waals surface area contributed by atoms with Crippen molar-refractivity contribution in [3.63, 3.8) is 0 Å². The third-order valence-corrected chi connectivity index (χ3v) is 5.24. The van der Waals surface area contributed by atoms with Crippen LogP contribution in [0.5, 0.6) is 0 Å². The van der Waals surface area contributed by atoms with Gasteiger partial charge in [-0.1, -0.05) is 25.1 Å². The van der Waals surface area contributed by atoms with Crippen LogP contribution in [0.4, 0.5) is 0 Å². The number of methoxy groups -OCH3 is 1. The minimum Gasteiger partial charge on any atom is -0.465 e. The molecule has 1 aromatic carbocycles. The van der Waals surface area contributed by atoms with Gasteiger partial charge < -0.3 is 4.74 Å². The summed E-state index contributed by atoms with van der Waals surface area (Å²) >= 11 is 0. The van der Waals surface area contributed by atoms with Gasteiger partial charge in [0.2, 0.25) is 0 Å². The second-order valence-corrected chi connectivity index (χ2v) is 6.59. The largest absolute Gasteiger partial charge is 0.465 e. The van der Waals surface area contributed by atoms with Crippen molar-refractivity contribution >= 4 is 15.8 Å². The zero-order chi connectivity index (χ0) is 13.8. The Labute approximate surface area is 108 Å². The van der Waals surface area contributed by atoms with Crippen LogP contribution in [-0.2, 0) is 20.3 Å². The summed E-state index contributed by atoms with van der Waals surface area (Å²) in [4.78, 5) is 11.5. The van der Waals surface area contributed by atoms with E-state index in [-0.39, 0.29) is 5.75 Å². The lowest BCUT2D eigenvalue weighted by Gasteiger charge is -2.12. The normalized spacial score (nSPS) is 13.1. The third kappa shape index (κ3) is 3.32. The monoisotopic (exact) mass is 270 g/mol. The van der Waals surface area contributed by atoms with E-state index in [4.69, 9.17) is 0 Å². The Morgan fingerprint density at radius 3 is 2.50 bits per heavy atom. The second kappa shape index (κ2) is 6.00. The highest BCUT2D eigenvalue weighted by Gasteiger charge is 2.22. The van der Waals surface area contributed by atoms with Gasteiger partial charge >= 0.3 is 5.97 Å². The van der Waals surface area contributed by atoms with E-state index in [9.17, 15) is 13.2 Å². The number of rotatable bonds is 5. The first kappa shape index (κ1) is 14.7. The number of hydrogen-bond donors (Lipinski definition) is 0. The number of hydrogen-bond acceptors (Lipinski definition) is 4. The summed E-state index contributed by atoms with van der Waals surface area (Å²) in [5, 5.41) is -0.414. The standard InChI is InChI=1S/C13H18O4S/c1-4-10(2)18(15,16)9-11-7-5-6-8-12(11)13(14)17-3/h5-8,10H,4,9H2,1-3H3. The second-order valence-electron chi connectivity index (χ2n) is 4.17. The van der Waals surface area contributed by atoms with Crippen molar-refractivity contribution in [2.24, 2.45) is 0 Å². The van der Waals surface area contributed by atoms with Gasteiger partial charge in [-0.2, -0.15) is 0 Å². The maximum absolute atomic E-state index is 12.0. The van der Waals surface area contributed by atoms with Gasteiger partial charge in [0.1, 0.15) is 0 Å². The Morgan fingerprint density at radius 2 is 1.94 bits per heavy atom. The van der Waals surface area contributed by atoms with Crippen LogP contribution in [0.15, 0.2) is 24.3 Å². The van der Waals surface area contributed by atoms with Gasteiger partial charge in [0.15, 0.2) is 9.84 Å². The summed E-state index contributed by atoms with van der Waals surface area (Å²) in [6, 6.07) is 6.62. The smallest absolute Gasteiger partial charge is 0.338 e. The Hall–Kier alpha value is -1.36. The molecule has 1 unspecified atom stereocenters. The number of esters is 1. The summed E-state index contributed by atoms with van der Waals surface area (Å²) in [6.07, 6.45) is 0.558. The maximum atomic E-state index is 12.0. The van der Waals surface area contributed by atoms with Crippen molar-refractivity contribution in [2.75, 3.05) is 7.11 Å². The lowest BCUT2D eigenvalue weighted by Crippen LogP contribution is -2.20. The summed E-state index contributed by atoms with van der Waals surface area (Å²) < 4.78 is 28.7. The Kier molecular flexibility index (Phi) is 4.90. The number of ether oxygens (including phenoxy) is 1. The molecule has 5 heteroatoms. The van der Waals surface area contributed by atoms with Crippen molar-refractivity contribution < 1.29 is 17.9 Å². The highest BCUT2D eigenvalue weighted by Crippen LogP contribution is 2.17. The summed E-state index contributed by atoms with van der Waals surface area (Å²) in [7, 11) is -1.96. The van der Waals surface area contributed by atoms with E-state index in [1.165, 1.54) is 7.11 Å². The molecule has 0 aliphatic heterocycles. The van der Waals surface area contributed by atoms with Gasteiger partial charge in [-0.05, 0) is 25.0 Å².